The molecule has 1 fully saturated rings. The zero-order chi connectivity index (χ0) is 30.4. The molecule has 8 nitrogen and oxygen atoms in total. The summed E-state index contributed by atoms with van der Waals surface area (Å²) < 4.78 is 42.6. The Morgan fingerprint density at radius 1 is 1.10 bits per heavy atom. The summed E-state index contributed by atoms with van der Waals surface area (Å²) in [5.41, 5.74) is 0.757. The average Bonchev–Trinajstić information content (AvgIpc) is 2.87. The van der Waals surface area contributed by atoms with Crippen molar-refractivity contribution in [1.82, 2.24) is 10.6 Å². The summed E-state index contributed by atoms with van der Waals surface area (Å²) in [7, 11) is -3.70. The molecule has 4 N–H and O–H groups in total. The molecule has 0 spiro atoms. The molecule has 1 aliphatic heterocycles. The summed E-state index contributed by atoms with van der Waals surface area (Å²) in [4.78, 5) is 13.6. The second-order valence-electron chi connectivity index (χ2n) is 12.8. The quantitative estimate of drug-likeness (QED) is 0.285. The second-order valence-corrected chi connectivity index (χ2v) is 14.8. The van der Waals surface area contributed by atoms with Crippen molar-refractivity contribution in [3.8, 4) is 0 Å². The van der Waals surface area contributed by atoms with Gasteiger partial charge in [-0.05, 0) is 69.6 Å². The third kappa shape index (κ3) is 9.41. The number of carbonyl (C=O) groups is 1. The van der Waals surface area contributed by atoms with Crippen molar-refractivity contribution >= 4 is 27.3 Å². The van der Waals surface area contributed by atoms with Crippen LogP contribution in [0.1, 0.15) is 76.7 Å². The molecule has 1 saturated heterocycles. The SMILES string of the molecule is CCNc1cc(C(=O)N[C@@H](Cc2ccccc2)[C@H](O)CNC(C)(C)CC(C)(C)C)c(F)c(N2CCCCS2(=O)=O)c1. The molecule has 0 aliphatic carbocycles. The number of benzene rings is 2. The molecule has 41 heavy (non-hydrogen) atoms. The van der Waals surface area contributed by atoms with Gasteiger partial charge in [-0.1, -0.05) is 51.1 Å². The van der Waals surface area contributed by atoms with Crippen LogP contribution < -0.4 is 20.3 Å². The van der Waals surface area contributed by atoms with Crippen molar-refractivity contribution in [2.45, 2.75) is 84.9 Å². The van der Waals surface area contributed by atoms with Crippen LogP contribution in [0.15, 0.2) is 42.5 Å². The lowest BCUT2D eigenvalue weighted by Gasteiger charge is -2.35. The number of carbonyl (C=O) groups excluding carboxylic acids is 1. The van der Waals surface area contributed by atoms with Gasteiger partial charge in [-0.2, -0.15) is 0 Å². The topological polar surface area (TPSA) is 111 Å². The van der Waals surface area contributed by atoms with Crippen molar-refractivity contribution in [1.29, 1.82) is 0 Å². The van der Waals surface area contributed by atoms with Crippen LogP contribution >= 0.6 is 0 Å². The molecule has 0 aromatic heterocycles. The highest BCUT2D eigenvalue weighted by Crippen LogP contribution is 2.32. The fourth-order valence-corrected chi connectivity index (χ4v) is 7.26. The zero-order valence-electron chi connectivity index (χ0n) is 25.3. The average molecular weight is 591 g/mol. The summed E-state index contributed by atoms with van der Waals surface area (Å²) in [6, 6.07) is 11.6. The molecule has 0 radical (unpaired) electrons. The maximum absolute atomic E-state index is 15.9. The lowest BCUT2D eigenvalue weighted by Crippen LogP contribution is -2.53. The predicted molar refractivity (Wildman–Crippen MR) is 164 cm³/mol. The number of halogens is 1. The van der Waals surface area contributed by atoms with Gasteiger partial charge >= 0.3 is 0 Å². The largest absolute Gasteiger partial charge is 0.390 e. The monoisotopic (exact) mass is 590 g/mol. The molecule has 2 atom stereocenters. The van der Waals surface area contributed by atoms with Crippen LogP contribution in [-0.2, 0) is 16.4 Å². The Hall–Kier alpha value is -2.69. The highest BCUT2D eigenvalue weighted by atomic mass is 32.2. The molecule has 0 saturated carbocycles. The van der Waals surface area contributed by atoms with Gasteiger partial charge in [0.1, 0.15) is 0 Å². The first-order valence-electron chi connectivity index (χ1n) is 14.5. The van der Waals surface area contributed by atoms with Crippen molar-refractivity contribution < 1.29 is 22.7 Å². The van der Waals surface area contributed by atoms with Crippen LogP contribution in [0, 0.1) is 11.2 Å². The van der Waals surface area contributed by atoms with Crippen LogP contribution in [0.4, 0.5) is 15.8 Å². The van der Waals surface area contributed by atoms with Gasteiger partial charge in [0.25, 0.3) is 5.91 Å². The molecule has 1 aliphatic rings. The minimum Gasteiger partial charge on any atom is -0.390 e. The summed E-state index contributed by atoms with van der Waals surface area (Å²) in [5.74, 6) is -1.68. The first-order chi connectivity index (χ1) is 19.1. The Labute approximate surface area is 245 Å². The van der Waals surface area contributed by atoms with Gasteiger partial charge < -0.3 is 21.1 Å². The molecule has 0 bridgehead atoms. The maximum atomic E-state index is 15.9. The van der Waals surface area contributed by atoms with Crippen LogP contribution in [0.3, 0.4) is 0 Å². The number of aliphatic hydroxyl groups excluding tert-OH is 1. The predicted octanol–water partition coefficient (Wildman–Crippen LogP) is 4.69. The molecule has 10 heteroatoms. The van der Waals surface area contributed by atoms with Gasteiger partial charge in [-0.25, -0.2) is 12.8 Å². The Morgan fingerprint density at radius 3 is 2.39 bits per heavy atom. The summed E-state index contributed by atoms with van der Waals surface area (Å²) in [6.07, 6.45) is 1.35. The van der Waals surface area contributed by atoms with Crippen LogP contribution in [0.5, 0.6) is 0 Å². The van der Waals surface area contributed by atoms with Crippen molar-refractivity contribution in [2.75, 3.05) is 35.0 Å². The molecule has 228 valence electrons. The third-order valence-electron chi connectivity index (χ3n) is 7.14. The Bertz CT molecular complexity index is 1280. The summed E-state index contributed by atoms with van der Waals surface area (Å²) in [5, 5.41) is 20.7. The minimum absolute atomic E-state index is 0.0662. The number of nitrogens with zero attached hydrogens (tertiary/aromatic N) is 1. The van der Waals surface area contributed by atoms with E-state index in [-0.39, 0.29) is 41.0 Å². The van der Waals surface area contributed by atoms with E-state index in [4.69, 9.17) is 0 Å². The molecule has 2 aromatic rings. The highest BCUT2D eigenvalue weighted by Gasteiger charge is 2.32. The van der Waals surface area contributed by atoms with Crippen LogP contribution in [0.25, 0.3) is 0 Å². The Kier molecular flexibility index (Phi) is 10.8. The number of anilines is 2. The summed E-state index contributed by atoms with van der Waals surface area (Å²) >= 11 is 0. The van der Waals surface area contributed by atoms with E-state index < -0.39 is 33.9 Å². The van der Waals surface area contributed by atoms with E-state index in [0.29, 0.717) is 31.5 Å². The minimum atomic E-state index is -3.70. The number of aliphatic hydroxyl groups is 1. The molecule has 1 heterocycles. The molecular weight excluding hydrogens is 543 g/mol. The van der Waals surface area contributed by atoms with Gasteiger partial charge in [0, 0.05) is 30.9 Å². The van der Waals surface area contributed by atoms with Gasteiger partial charge in [-0.3, -0.25) is 9.10 Å². The number of sulfonamides is 1. The molecular formula is C31H47FN4O4S. The second kappa shape index (κ2) is 13.5. The smallest absolute Gasteiger partial charge is 0.254 e. The fourth-order valence-electron chi connectivity index (χ4n) is 5.63. The number of hydrogen-bond acceptors (Lipinski definition) is 6. The zero-order valence-corrected chi connectivity index (χ0v) is 26.1. The standard InChI is InChI=1S/C31H47FN4O4S/c1-7-33-23-18-24(28(32)26(19-23)36-15-11-12-16-41(36,39)40)29(38)35-25(17-22-13-9-8-10-14-22)27(37)20-34-31(5,6)21-30(2,3)4/h8-10,13-14,18-19,25,27,33-34,37H,7,11-12,15-17,20-21H2,1-6H3,(H,35,38)/t25-,27+/m0/s1. The van der Waals surface area contributed by atoms with Gasteiger partial charge in [0.05, 0.1) is 29.1 Å². The number of hydrogen-bond donors (Lipinski definition) is 4. The maximum Gasteiger partial charge on any atom is 0.254 e. The van der Waals surface area contributed by atoms with Gasteiger partial charge in [-0.15, -0.1) is 0 Å². The van der Waals surface area contributed by atoms with Gasteiger partial charge in [0.15, 0.2) is 5.82 Å². The van der Waals surface area contributed by atoms with Crippen LogP contribution in [-0.4, -0.2) is 62.5 Å². The van der Waals surface area contributed by atoms with E-state index >= 15 is 4.39 Å². The van der Waals surface area contributed by atoms with Crippen molar-refractivity contribution in [2.24, 2.45) is 5.41 Å². The Morgan fingerprint density at radius 2 is 1.78 bits per heavy atom. The molecule has 1 amide bonds. The number of amides is 1. The van der Waals surface area contributed by atoms with E-state index in [1.807, 2.05) is 37.3 Å². The van der Waals surface area contributed by atoms with Crippen LogP contribution in [0.2, 0.25) is 0 Å². The molecule has 2 aromatic carbocycles. The lowest BCUT2D eigenvalue weighted by atomic mass is 9.81. The first-order valence-corrected chi connectivity index (χ1v) is 16.1. The summed E-state index contributed by atoms with van der Waals surface area (Å²) in [6.45, 7) is 13.4. The van der Waals surface area contributed by atoms with Crippen molar-refractivity contribution in [3.05, 3.63) is 59.4 Å². The van der Waals surface area contributed by atoms with E-state index in [1.165, 1.54) is 12.1 Å². The normalized spacial score (nSPS) is 17.1. The molecule has 0 unspecified atom stereocenters. The Balaban J connectivity index is 1.91. The van der Waals surface area contributed by atoms with E-state index in [2.05, 4.69) is 50.6 Å². The number of rotatable bonds is 12. The van der Waals surface area contributed by atoms with Gasteiger partial charge in [0.2, 0.25) is 10.0 Å². The van der Waals surface area contributed by atoms with E-state index in [1.54, 1.807) is 0 Å². The number of nitrogens with one attached hydrogen (secondary N) is 3. The van der Waals surface area contributed by atoms with E-state index in [9.17, 15) is 18.3 Å². The first kappa shape index (κ1) is 32.8. The third-order valence-corrected chi connectivity index (χ3v) is 8.99. The lowest BCUT2D eigenvalue weighted by molar-refractivity contribution is 0.0800. The van der Waals surface area contributed by atoms with Crippen molar-refractivity contribution in [3.63, 3.8) is 0 Å². The highest BCUT2D eigenvalue weighted by molar-refractivity contribution is 7.92. The number of β-amino-alcohol motifs (C(OH)–C–C–N with tert-alkyl or cyclic N) is 1. The fraction of sp³-hybridized carbons (Fsp3) is 0.581. The molecule has 3 rings (SSSR count). The van der Waals surface area contributed by atoms with E-state index in [0.717, 1.165) is 16.3 Å².